The molecule has 3 rings (SSSR count). The van der Waals surface area contributed by atoms with Gasteiger partial charge in [0.25, 0.3) is 0 Å². The molecule has 5 heteroatoms. The van der Waals surface area contributed by atoms with Crippen molar-refractivity contribution in [3.8, 4) is 11.3 Å². The molecule has 0 spiro atoms. The normalized spacial score (nSPS) is 15.4. The van der Waals surface area contributed by atoms with Crippen LogP contribution in [0.5, 0.6) is 0 Å². The number of aromatic nitrogens is 2. The van der Waals surface area contributed by atoms with Crippen LogP contribution in [0.1, 0.15) is 12.8 Å². The van der Waals surface area contributed by atoms with Crippen LogP contribution >= 0.6 is 11.6 Å². The average Bonchev–Trinajstić information content (AvgIpc) is 2.48. The highest BCUT2D eigenvalue weighted by molar-refractivity contribution is 6.28. The number of carbonyl (C=O) groups excluding carboxylic acids is 1. The van der Waals surface area contributed by atoms with Crippen molar-refractivity contribution >= 4 is 23.2 Å². The Morgan fingerprint density at radius 3 is 2.45 bits per heavy atom. The molecular formula is C15H14ClN3O. The van der Waals surface area contributed by atoms with Crippen LogP contribution in [0.2, 0.25) is 5.28 Å². The minimum atomic E-state index is 0.234. The number of hydrogen-bond acceptors (Lipinski definition) is 4. The first-order chi connectivity index (χ1) is 9.72. The first kappa shape index (κ1) is 13.1. The summed E-state index contributed by atoms with van der Waals surface area (Å²) >= 11 is 6.03. The summed E-state index contributed by atoms with van der Waals surface area (Å²) in [6.45, 7) is 1.39. The molecule has 0 radical (unpaired) electrons. The SMILES string of the molecule is O=C1CCN(c2cc(-c3ccccc3)nc(Cl)n2)CC1. The van der Waals surface area contributed by atoms with Gasteiger partial charge in [-0.15, -0.1) is 0 Å². The van der Waals surface area contributed by atoms with Gasteiger partial charge in [0.05, 0.1) is 5.69 Å². The Hall–Kier alpha value is -1.94. The van der Waals surface area contributed by atoms with Crippen LogP contribution in [0.3, 0.4) is 0 Å². The molecule has 1 aliphatic heterocycles. The Morgan fingerprint density at radius 1 is 1.05 bits per heavy atom. The summed E-state index contributed by atoms with van der Waals surface area (Å²) in [6.07, 6.45) is 1.14. The largest absolute Gasteiger partial charge is 0.356 e. The van der Waals surface area contributed by atoms with Gasteiger partial charge in [-0.1, -0.05) is 30.3 Å². The molecule has 0 atom stereocenters. The Balaban J connectivity index is 1.93. The number of piperidine rings is 1. The average molecular weight is 288 g/mol. The molecule has 20 heavy (non-hydrogen) atoms. The molecule has 2 heterocycles. The minimum Gasteiger partial charge on any atom is -0.356 e. The zero-order valence-electron chi connectivity index (χ0n) is 10.9. The van der Waals surface area contributed by atoms with Gasteiger partial charge in [-0.05, 0) is 11.6 Å². The second kappa shape index (κ2) is 5.59. The highest BCUT2D eigenvalue weighted by Gasteiger charge is 2.18. The molecule has 0 amide bonds. The van der Waals surface area contributed by atoms with Crippen LogP contribution in [0.25, 0.3) is 11.3 Å². The highest BCUT2D eigenvalue weighted by Crippen LogP contribution is 2.24. The third-order valence-corrected chi connectivity index (χ3v) is 3.57. The predicted molar refractivity (Wildman–Crippen MR) is 78.9 cm³/mol. The number of nitrogens with zero attached hydrogens (tertiary/aromatic N) is 3. The summed E-state index contributed by atoms with van der Waals surface area (Å²) in [4.78, 5) is 21.9. The van der Waals surface area contributed by atoms with Gasteiger partial charge in [-0.25, -0.2) is 9.97 Å². The number of rotatable bonds is 2. The lowest BCUT2D eigenvalue weighted by Gasteiger charge is -2.27. The molecule has 0 aliphatic carbocycles. The maximum Gasteiger partial charge on any atom is 0.224 e. The van der Waals surface area contributed by atoms with Crippen LogP contribution in [0, 0.1) is 0 Å². The van der Waals surface area contributed by atoms with E-state index in [1.807, 2.05) is 36.4 Å². The van der Waals surface area contributed by atoms with E-state index >= 15 is 0 Å². The molecule has 1 aromatic carbocycles. The van der Waals surface area contributed by atoms with E-state index < -0.39 is 0 Å². The maximum atomic E-state index is 11.3. The van der Waals surface area contributed by atoms with Crippen molar-refractivity contribution in [3.63, 3.8) is 0 Å². The summed E-state index contributed by atoms with van der Waals surface area (Å²) in [5.41, 5.74) is 1.81. The van der Waals surface area contributed by atoms with Gasteiger partial charge in [0.2, 0.25) is 5.28 Å². The summed E-state index contributed by atoms with van der Waals surface area (Å²) in [6, 6.07) is 11.8. The van der Waals surface area contributed by atoms with Crippen LogP contribution in [-0.4, -0.2) is 28.8 Å². The minimum absolute atomic E-state index is 0.234. The number of carbonyl (C=O) groups is 1. The molecule has 4 nitrogen and oxygen atoms in total. The van der Waals surface area contributed by atoms with Crippen molar-refractivity contribution in [2.24, 2.45) is 0 Å². The van der Waals surface area contributed by atoms with Gasteiger partial charge >= 0.3 is 0 Å². The van der Waals surface area contributed by atoms with Crippen LogP contribution < -0.4 is 4.90 Å². The fourth-order valence-electron chi connectivity index (χ4n) is 2.31. The Bertz CT molecular complexity index is 620. The number of halogens is 1. The van der Waals surface area contributed by atoms with Gasteiger partial charge in [0, 0.05) is 37.6 Å². The Morgan fingerprint density at radius 2 is 1.75 bits per heavy atom. The van der Waals surface area contributed by atoms with Gasteiger partial charge < -0.3 is 4.90 Å². The van der Waals surface area contributed by atoms with Gasteiger partial charge in [-0.3, -0.25) is 4.79 Å². The van der Waals surface area contributed by atoms with Gasteiger partial charge in [-0.2, -0.15) is 0 Å². The summed E-state index contributed by atoms with van der Waals surface area (Å²) < 4.78 is 0. The van der Waals surface area contributed by atoms with E-state index in [9.17, 15) is 4.79 Å². The number of ketones is 1. The lowest BCUT2D eigenvalue weighted by molar-refractivity contribution is -0.119. The van der Waals surface area contributed by atoms with Crippen molar-refractivity contribution < 1.29 is 4.79 Å². The lowest BCUT2D eigenvalue weighted by Crippen LogP contribution is -2.34. The number of anilines is 1. The van der Waals surface area contributed by atoms with E-state index in [0.717, 1.165) is 17.1 Å². The predicted octanol–water partition coefficient (Wildman–Crippen LogP) is 2.97. The van der Waals surface area contributed by atoms with Crippen molar-refractivity contribution in [2.45, 2.75) is 12.8 Å². The first-order valence-electron chi connectivity index (χ1n) is 6.59. The Labute approximate surface area is 122 Å². The maximum absolute atomic E-state index is 11.3. The molecule has 1 aromatic heterocycles. The van der Waals surface area contributed by atoms with Crippen molar-refractivity contribution in [1.29, 1.82) is 0 Å². The Kier molecular flexibility index (Phi) is 3.65. The van der Waals surface area contributed by atoms with E-state index in [0.29, 0.717) is 31.7 Å². The third-order valence-electron chi connectivity index (χ3n) is 3.40. The zero-order valence-corrected chi connectivity index (χ0v) is 11.7. The lowest BCUT2D eigenvalue weighted by atomic mass is 10.1. The molecule has 102 valence electrons. The topological polar surface area (TPSA) is 46.1 Å². The number of hydrogen-bond donors (Lipinski definition) is 0. The summed E-state index contributed by atoms with van der Waals surface area (Å²) in [5, 5.41) is 0.234. The standard InChI is InChI=1S/C15H14ClN3O/c16-15-17-13(11-4-2-1-3-5-11)10-14(18-15)19-8-6-12(20)7-9-19/h1-5,10H,6-9H2. The number of Topliss-reactive ketones (excluding diaryl/α,β-unsaturated/α-hetero) is 1. The quantitative estimate of drug-likeness (QED) is 0.797. The molecule has 0 N–H and O–H groups in total. The molecule has 1 saturated heterocycles. The van der Waals surface area contributed by atoms with Crippen LogP contribution in [0.15, 0.2) is 36.4 Å². The molecule has 0 saturated carbocycles. The van der Waals surface area contributed by atoms with E-state index in [4.69, 9.17) is 11.6 Å². The fraction of sp³-hybridized carbons (Fsp3) is 0.267. The molecular weight excluding hydrogens is 274 g/mol. The van der Waals surface area contributed by atoms with Crippen molar-refractivity contribution in [2.75, 3.05) is 18.0 Å². The summed E-state index contributed by atoms with van der Waals surface area (Å²) in [5.74, 6) is 1.10. The number of benzene rings is 1. The van der Waals surface area contributed by atoms with Gasteiger partial charge in [0.1, 0.15) is 11.6 Å². The van der Waals surface area contributed by atoms with E-state index in [1.54, 1.807) is 0 Å². The van der Waals surface area contributed by atoms with E-state index in [1.165, 1.54) is 0 Å². The smallest absolute Gasteiger partial charge is 0.224 e. The van der Waals surface area contributed by atoms with Crippen LogP contribution in [0.4, 0.5) is 5.82 Å². The summed E-state index contributed by atoms with van der Waals surface area (Å²) in [7, 11) is 0. The molecule has 2 aromatic rings. The van der Waals surface area contributed by atoms with E-state index in [2.05, 4.69) is 14.9 Å². The second-order valence-corrected chi connectivity index (χ2v) is 5.11. The first-order valence-corrected chi connectivity index (χ1v) is 6.97. The molecule has 1 fully saturated rings. The van der Waals surface area contributed by atoms with Crippen molar-refractivity contribution in [3.05, 3.63) is 41.7 Å². The van der Waals surface area contributed by atoms with Crippen molar-refractivity contribution in [1.82, 2.24) is 9.97 Å². The van der Waals surface area contributed by atoms with E-state index in [-0.39, 0.29) is 5.28 Å². The molecule has 0 unspecified atom stereocenters. The second-order valence-electron chi connectivity index (χ2n) is 4.77. The molecule has 1 aliphatic rings. The fourth-order valence-corrected chi connectivity index (χ4v) is 2.49. The molecule has 0 bridgehead atoms. The highest BCUT2D eigenvalue weighted by atomic mass is 35.5. The van der Waals surface area contributed by atoms with Crippen LogP contribution in [-0.2, 0) is 4.79 Å². The zero-order chi connectivity index (χ0) is 13.9. The monoisotopic (exact) mass is 287 g/mol. The third kappa shape index (κ3) is 2.80. The van der Waals surface area contributed by atoms with Gasteiger partial charge in [0.15, 0.2) is 0 Å².